The second-order valence-electron chi connectivity index (χ2n) is 8.48. The van der Waals surface area contributed by atoms with E-state index < -0.39 is 0 Å². The van der Waals surface area contributed by atoms with Crippen LogP contribution >= 0.6 is 0 Å². The molecule has 4 heterocycles. The Balaban J connectivity index is 1.50. The maximum Gasteiger partial charge on any atom is 0.165 e. The van der Waals surface area contributed by atoms with Crippen LogP contribution in [-0.2, 0) is 17.6 Å². The van der Waals surface area contributed by atoms with Crippen LogP contribution in [0.5, 0.6) is 5.75 Å². The molecule has 0 aliphatic carbocycles. The number of nitrogens with one attached hydrogen (secondary N) is 1. The van der Waals surface area contributed by atoms with Crippen molar-refractivity contribution in [3.8, 4) is 17.1 Å². The molecule has 7 nitrogen and oxygen atoms in total. The average molecular weight is 444 g/mol. The lowest BCUT2D eigenvalue weighted by atomic mass is 10.0. The van der Waals surface area contributed by atoms with Crippen LogP contribution in [0.1, 0.15) is 30.4 Å². The highest BCUT2D eigenvalue weighted by Crippen LogP contribution is 2.33. The lowest BCUT2D eigenvalue weighted by molar-refractivity contribution is 0.194. The van der Waals surface area contributed by atoms with Crippen LogP contribution in [0, 0.1) is 0 Å². The Hall–Kier alpha value is -3.45. The Morgan fingerprint density at radius 1 is 1.15 bits per heavy atom. The molecule has 0 amide bonds. The molecule has 2 N–H and O–H groups in total. The van der Waals surface area contributed by atoms with Gasteiger partial charge < -0.3 is 20.1 Å². The first kappa shape index (κ1) is 21.4. The lowest BCUT2D eigenvalue weighted by Gasteiger charge is -2.30. The van der Waals surface area contributed by atoms with E-state index in [1.54, 1.807) is 18.3 Å². The number of aromatic nitrogens is 3. The fourth-order valence-electron chi connectivity index (χ4n) is 4.37. The van der Waals surface area contributed by atoms with E-state index in [1.807, 2.05) is 30.5 Å². The number of pyridine rings is 1. The Bertz CT molecular complexity index is 1100. The molecule has 0 spiro atoms. The monoisotopic (exact) mass is 443 g/mol. The molecule has 5 rings (SSSR count). The van der Waals surface area contributed by atoms with Crippen LogP contribution < -0.4 is 10.2 Å². The topological polar surface area (TPSA) is 83.4 Å². The molecule has 0 radical (unpaired) electrons. The van der Waals surface area contributed by atoms with Gasteiger partial charge in [-0.15, -0.1) is 0 Å². The summed E-state index contributed by atoms with van der Waals surface area (Å²) in [5.74, 6) is 2.81. The molecule has 2 aliphatic rings. The third-order valence-corrected chi connectivity index (χ3v) is 6.15. The summed E-state index contributed by atoms with van der Waals surface area (Å²) in [6, 6.07) is 11.5. The molecule has 1 aromatic carbocycles. The molecule has 0 unspecified atom stereocenters. The van der Waals surface area contributed by atoms with Crippen molar-refractivity contribution in [2.24, 2.45) is 0 Å². The Morgan fingerprint density at radius 2 is 2.06 bits per heavy atom. The van der Waals surface area contributed by atoms with Gasteiger partial charge in [0.25, 0.3) is 0 Å². The number of allylic oxidation sites excluding steroid dienone is 1. The normalized spacial score (nSPS) is 18.9. The van der Waals surface area contributed by atoms with E-state index in [9.17, 15) is 5.11 Å². The van der Waals surface area contributed by atoms with Crippen molar-refractivity contribution in [3.63, 3.8) is 0 Å². The first-order chi connectivity index (χ1) is 16.3. The van der Waals surface area contributed by atoms with Gasteiger partial charge in [-0.2, -0.15) is 0 Å². The number of phenolic OH excluding ortho intramolecular Hbond substituents is 1. The van der Waals surface area contributed by atoms with E-state index in [-0.39, 0.29) is 11.8 Å². The lowest BCUT2D eigenvalue weighted by Crippen LogP contribution is -2.33. The molecule has 0 bridgehead atoms. The number of fused-ring (bicyclic) bond motifs is 1. The summed E-state index contributed by atoms with van der Waals surface area (Å²) < 4.78 is 5.70. The summed E-state index contributed by atoms with van der Waals surface area (Å²) in [7, 11) is 0. The molecule has 33 heavy (non-hydrogen) atoms. The highest BCUT2D eigenvalue weighted by atomic mass is 16.5. The molecule has 2 aliphatic heterocycles. The average Bonchev–Trinajstić information content (AvgIpc) is 3.36. The maximum absolute atomic E-state index is 9.54. The second kappa shape index (κ2) is 10.0. The molecule has 170 valence electrons. The van der Waals surface area contributed by atoms with Crippen LogP contribution in [0.3, 0.4) is 0 Å². The number of anilines is 2. The highest BCUT2D eigenvalue weighted by Gasteiger charge is 2.28. The number of ether oxygens (including phenoxy) is 1. The summed E-state index contributed by atoms with van der Waals surface area (Å²) in [6.07, 6.45) is 12.8. The molecule has 3 aromatic rings. The smallest absolute Gasteiger partial charge is 0.165 e. The van der Waals surface area contributed by atoms with Crippen molar-refractivity contribution in [1.82, 2.24) is 15.0 Å². The predicted molar refractivity (Wildman–Crippen MR) is 129 cm³/mol. The number of aromatic hydroxyl groups is 1. The quantitative estimate of drug-likeness (QED) is 0.586. The molecular formula is C26H29N5O2. The second-order valence-corrected chi connectivity index (χ2v) is 8.48. The van der Waals surface area contributed by atoms with Crippen molar-refractivity contribution < 1.29 is 9.84 Å². The van der Waals surface area contributed by atoms with Crippen molar-refractivity contribution >= 4 is 11.6 Å². The van der Waals surface area contributed by atoms with Gasteiger partial charge in [-0.3, -0.25) is 4.98 Å². The van der Waals surface area contributed by atoms with Gasteiger partial charge in [0.05, 0.1) is 12.6 Å². The summed E-state index contributed by atoms with van der Waals surface area (Å²) in [5.41, 5.74) is 3.22. The van der Waals surface area contributed by atoms with E-state index in [1.165, 1.54) is 0 Å². The Morgan fingerprint density at radius 3 is 2.85 bits per heavy atom. The number of benzene rings is 1. The van der Waals surface area contributed by atoms with Gasteiger partial charge in [-0.1, -0.05) is 18.2 Å². The molecule has 7 heteroatoms. The molecule has 0 saturated carbocycles. The summed E-state index contributed by atoms with van der Waals surface area (Å²) in [5, 5.41) is 13.1. The fourth-order valence-corrected chi connectivity index (χ4v) is 4.37. The maximum atomic E-state index is 9.54. The zero-order chi connectivity index (χ0) is 22.5. The van der Waals surface area contributed by atoms with Gasteiger partial charge in [0.1, 0.15) is 17.4 Å². The van der Waals surface area contributed by atoms with Gasteiger partial charge in [0, 0.05) is 42.9 Å². The molecule has 1 fully saturated rings. The van der Waals surface area contributed by atoms with E-state index >= 15 is 0 Å². The largest absolute Gasteiger partial charge is 0.508 e. The van der Waals surface area contributed by atoms with E-state index in [0.29, 0.717) is 12.4 Å². The molecule has 1 saturated heterocycles. The van der Waals surface area contributed by atoms with Crippen LogP contribution in [0.25, 0.3) is 11.4 Å². The summed E-state index contributed by atoms with van der Waals surface area (Å²) in [6.45, 7) is 2.23. The Kier molecular flexibility index (Phi) is 6.48. The number of phenols is 1. The van der Waals surface area contributed by atoms with Crippen molar-refractivity contribution in [2.45, 2.75) is 38.1 Å². The van der Waals surface area contributed by atoms with Crippen molar-refractivity contribution in [1.29, 1.82) is 0 Å². The molecule has 1 atom stereocenters. The third-order valence-electron chi connectivity index (χ3n) is 6.15. The first-order valence-corrected chi connectivity index (χ1v) is 11.6. The van der Waals surface area contributed by atoms with Crippen LogP contribution in [0.15, 0.2) is 61.1 Å². The standard InChI is InChI=1S/C26H29N5O2/c32-22-9-7-19(8-10-22)11-14-28-25-23-6-2-1-3-15-31(21-12-16-33-18-21)26(23)30-24(29-25)20-5-4-13-27-17-20/h3-5,7-10,13,15,17,21,32H,1-2,6,11-12,14,16,18H2,(H,28,29,30)/b15-3-/t21-/m1/s1. The van der Waals surface area contributed by atoms with Gasteiger partial charge in [-0.25, -0.2) is 9.97 Å². The third kappa shape index (κ3) is 4.98. The van der Waals surface area contributed by atoms with Crippen molar-refractivity contribution in [3.05, 3.63) is 72.2 Å². The van der Waals surface area contributed by atoms with E-state index in [2.05, 4.69) is 27.5 Å². The molecular weight excluding hydrogens is 414 g/mol. The highest BCUT2D eigenvalue weighted by molar-refractivity contribution is 5.67. The van der Waals surface area contributed by atoms with Crippen LogP contribution in [0.4, 0.5) is 11.6 Å². The summed E-state index contributed by atoms with van der Waals surface area (Å²) in [4.78, 5) is 16.6. The number of rotatable bonds is 6. The van der Waals surface area contributed by atoms with Gasteiger partial charge in [0.2, 0.25) is 0 Å². The SMILES string of the molecule is Oc1ccc(CCNc2nc(-c3cccnc3)nc3c2CCC/C=C\N3[C@@H]2CCOC2)cc1. The van der Waals surface area contributed by atoms with Gasteiger partial charge in [0.15, 0.2) is 5.82 Å². The Labute approximate surface area is 194 Å². The van der Waals surface area contributed by atoms with Crippen LogP contribution in [0.2, 0.25) is 0 Å². The van der Waals surface area contributed by atoms with Gasteiger partial charge >= 0.3 is 0 Å². The number of hydrogen-bond donors (Lipinski definition) is 2. The fraction of sp³-hybridized carbons (Fsp3) is 0.346. The van der Waals surface area contributed by atoms with Gasteiger partial charge in [-0.05, 0) is 61.9 Å². The van der Waals surface area contributed by atoms with E-state index in [0.717, 1.165) is 73.6 Å². The predicted octanol–water partition coefficient (Wildman–Crippen LogP) is 4.34. The number of hydrogen-bond acceptors (Lipinski definition) is 7. The zero-order valence-corrected chi connectivity index (χ0v) is 18.7. The minimum absolute atomic E-state index is 0.277. The van der Waals surface area contributed by atoms with Crippen LogP contribution in [-0.4, -0.2) is 45.9 Å². The van der Waals surface area contributed by atoms with E-state index in [4.69, 9.17) is 14.7 Å². The first-order valence-electron chi connectivity index (χ1n) is 11.6. The molecule has 2 aromatic heterocycles. The minimum atomic E-state index is 0.277. The van der Waals surface area contributed by atoms with Crippen molar-refractivity contribution in [2.75, 3.05) is 30.0 Å². The summed E-state index contributed by atoms with van der Waals surface area (Å²) >= 11 is 0. The zero-order valence-electron chi connectivity index (χ0n) is 18.7. The number of nitrogens with zero attached hydrogens (tertiary/aromatic N) is 4. The minimum Gasteiger partial charge on any atom is -0.508 e.